The average molecular weight is 378 g/mol. The molecule has 146 valence electrons. The van der Waals surface area contributed by atoms with Crippen molar-refractivity contribution in [2.75, 3.05) is 32.2 Å². The Kier molecular flexibility index (Phi) is 4.85. The second-order valence-electron chi connectivity index (χ2n) is 7.42. The number of aryl methyl sites for hydroxylation is 1. The second-order valence-corrected chi connectivity index (χ2v) is 7.42. The number of benzene rings is 2. The molecule has 28 heavy (non-hydrogen) atoms. The molecule has 1 saturated heterocycles. The maximum atomic E-state index is 11.4. The highest BCUT2D eigenvalue weighted by molar-refractivity contribution is 5.92. The van der Waals surface area contributed by atoms with Gasteiger partial charge in [0, 0.05) is 35.9 Å². The first kappa shape index (κ1) is 18.6. The van der Waals surface area contributed by atoms with E-state index in [1.54, 1.807) is 14.2 Å². The molecule has 2 heterocycles. The summed E-state index contributed by atoms with van der Waals surface area (Å²) in [5.74, 6) is 1.39. The number of hydrogen-bond acceptors (Lipinski definition) is 5. The summed E-state index contributed by atoms with van der Waals surface area (Å²) in [6.45, 7) is 3.56. The van der Waals surface area contributed by atoms with Gasteiger partial charge in [0.25, 0.3) is 0 Å². The van der Waals surface area contributed by atoms with Crippen molar-refractivity contribution in [3.05, 3.63) is 59.8 Å². The van der Waals surface area contributed by atoms with E-state index in [-0.39, 0.29) is 0 Å². The van der Waals surface area contributed by atoms with Crippen LogP contribution >= 0.6 is 0 Å². The summed E-state index contributed by atoms with van der Waals surface area (Å²) in [5, 5.41) is 12.5. The van der Waals surface area contributed by atoms with Gasteiger partial charge in [-0.15, -0.1) is 0 Å². The zero-order valence-corrected chi connectivity index (χ0v) is 16.6. The highest BCUT2D eigenvalue weighted by Gasteiger charge is 2.35. The van der Waals surface area contributed by atoms with Gasteiger partial charge in [-0.25, -0.2) is 0 Å². The van der Waals surface area contributed by atoms with Gasteiger partial charge in [0.1, 0.15) is 11.5 Å². The van der Waals surface area contributed by atoms with Gasteiger partial charge in [-0.1, -0.05) is 18.2 Å². The third-order valence-electron chi connectivity index (χ3n) is 5.64. The van der Waals surface area contributed by atoms with E-state index < -0.39 is 5.60 Å². The van der Waals surface area contributed by atoms with E-state index in [1.807, 2.05) is 37.3 Å². The summed E-state index contributed by atoms with van der Waals surface area (Å²) in [6, 6.07) is 16.0. The summed E-state index contributed by atoms with van der Waals surface area (Å²) >= 11 is 0. The Balaban J connectivity index is 1.62. The van der Waals surface area contributed by atoms with Crippen LogP contribution in [0.15, 0.2) is 48.5 Å². The third-order valence-corrected chi connectivity index (χ3v) is 5.64. The van der Waals surface area contributed by atoms with E-state index in [1.165, 1.54) is 5.69 Å². The lowest BCUT2D eigenvalue weighted by Gasteiger charge is -2.40. The van der Waals surface area contributed by atoms with Crippen LogP contribution in [0.5, 0.6) is 11.5 Å². The molecule has 3 aromatic rings. The highest BCUT2D eigenvalue weighted by atomic mass is 16.5. The summed E-state index contributed by atoms with van der Waals surface area (Å²) in [7, 11) is 3.25. The van der Waals surface area contributed by atoms with Gasteiger partial charge in [-0.05, 0) is 49.6 Å². The lowest BCUT2D eigenvalue weighted by molar-refractivity contribution is 0.0114. The van der Waals surface area contributed by atoms with Crippen LogP contribution in [0.2, 0.25) is 0 Å². The second kappa shape index (κ2) is 7.32. The number of pyridine rings is 1. The van der Waals surface area contributed by atoms with Gasteiger partial charge < -0.3 is 19.5 Å². The molecule has 2 aromatic carbocycles. The van der Waals surface area contributed by atoms with E-state index in [2.05, 4.69) is 28.1 Å². The number of ether oxygens (including phenoxy) is 2. The number of methoxy groups -OCH3 is 2. The summed E-state index contributed by atoms with van der Waals surface area (Å²) in [5.41, 5.74) is 3.16. The predicted molar refractivity (Wildman–Crippen MR) is 111 cm³/mol. The van der Waals surface area contributed by atoms with Gasteiger partial charge in [0.05, 0.1) is 25.3 Å². The number of aliphatic hydroxyl groups is 1. The normalized spacial score (nSPS) is 16.2. The zero-order chi connectivity index (χ0) is 19.7. The Morgan fingerprint density at radius 2 is 1.61 bits per heavy atom. The van der Waals surface area contributed by atoms with Crippen molar-refractivity contribution in [3.63, 3.8) is 0 Å². The number of piperidine rings is 1. The minimum Gasteiger partial charge on any atom is -0.497 e. The molecule has 1 aliphatic heterocycles. The van der Waals surface area contributed by atoms with Crippen molar-refractivity contribution < 1.29 is 14.6 Å². The van der Waals surface area contributed by atoms with Crippen molar-refractivity contribution in [2.24, 2.45) is 0 Å². The van der Waals surface area contributed by atoms with E-state index >= 15 is 0 Å². The minimum atomic E-state index is -0.893. The van der Waals surface area contributed by atoms with Crippen LogP contribution < -0.4 is 14.4 Å². The van der Waals surface area contributed by atoms with Crippen molar-refractivity contribution in [1.29, 1.82) is 0 Å². The van der Waals surface area contributed by atoms with Gasteiger partial charge in [-0.2, -0.15) is 0 Å². The van der Waals surface area contributed by atoms with E-state index in [0.29, 0.717) is 24.3 Å². The van der Waals surface area contributed by atoms with Crippen LogP contribution in [0.3, 0.4) is 0 Å². The Labute approximate surface area is 165 Å². The van der Waals surface area contributed by atoms with E-state index in [9.17, 15) is 5.11 Å². The molecule has 0 bridgehead atoms. The molecule has 0 aliphatic carbocycles. The van der Waals surface area contributed by atoms with Crippen LogP contribution in [0.1, 0.15) is 24.1 Å². The lowest BCUT2D eigenvalue weighted by atomic mass is 9.84. The number of rotatable bonds is 4. The lowest BCUT2D eigenvalue weighted by Crippen LogP contribution is -2.42. The first-order valence-electron chi connectivity index (χ1n) is 9.60. The van der Waals surface area contributed by atoms with Crippen molar-refractivity contribution in [3.8, 4) is 11.5 Å². The fourth-order valence-electron chi connectivity index (χ4n) is 4.03. The fraction of sp³-hybridized carbons (Fsp3) is 0.348. The molecule has 5 heteroatoms. The third kappa shape index (κ3) is 3.38. The van der Waals surface area contributed by atoms with Gasteiger partial charge in [-0.3, -0.25) is 4.98 Å². The number of fused-ring (bicyclic) bond motifs is 1. The first-order chi connectivity index (χ1) is 13.5. The highest BCUT2D eigenvalue weighted by Crippen LogP contribution is 2.39. The number of para-hydroxylation sites is 1. The molecule has 0 saturated carbocycles. The van der Waals surface area contributed by atoms with Crippen LogP contribution in [0, 0.1) is 6.92 Å². The van der Waals surface area contributed by atoms with E-state index in [0.717, 1.165) is 35.2 Å². The smallest absolute Gasteiger partial charge is 0.122 e. The van der Waals surface area contributed by atoms with Crippen molar-refractivity contribution >= 4 is 16.6 Å². The van der Waals surface area contributed by atoms with Gasteiger partial charge in [0.2, 0.25) is 0 Å². The number of aromatic nitrogens is 1. The number of hydrogen-bond donors (Lipinski definition) is 1. The first-order valence-corrected chi connectivity index (χ1v) is 9.60. The largest absolute Gasteiger partial charge is 0.497 e. The molecule has 5 nitrogen and oxygen atoms in total. The standard InChI is InChI=1S/C23H26N2O3/c1-16-12-22(20-6-4-5-7-21(20)24-16)25-10-8-23(26,9-11-25)17-13-18(27-2)15-19(14-17)28-3/h4-7,12-15,26H,8-11H2,1-3H3. The summed E-state index contributed by atoms with van der Waals surface area (Å²) < 4.78 is 10.8. The topological polar surface area (TPSA) is 54.8 Å². The Bertz CT molecular complexity index is 972. The van der Waals surface area contributed by atoms with Crippen LogP contribution in [0.25, 0.3) is 10.9 Å². The molecule has 1 fully saturated rings. The predicted octanol–water partition coefficient (Wildman–Crippen LogP) is 4.05. The average Bonchev–Trinajstić information content (AvgIpc) is 2.73. The Hall–Kier alpha value is -2.79. The van der Waals surface area contributed by atoms with Crippen LogP contribution in [0.4, 0.5) is 5.69 Å². The van der Waals surface area contributed by atoms with Crippen LogP contribution in [-0.4, -0.2) is 37.4 Å². The Morgan fingerprint density at radius 3 is 2.25 bits per heavy atom. The fourth-order valence-corrected chi connectivity index (χ4v) is 4.03. The Morgan fingerprint density at radius 1 is 0.964 bits per heavy atom. The maximum Gasteiger partial charge on any atom is 0.122 e. The molecule has 0 radical (unpaired) electrons. The van der Waals surface area contributed by atoms with Crippen molar-refractivity contribution in [2.45, 2.75) is 25.4 Å². The SMILES string of the molecule is COc1cc(OC)cc(C2(O)CCN(c3cc(C)nc4ccccc34)CC2)c1. The summed E-state index contributed by atoms with van der Waals surface area (Å²) in [4.78, 5) is 6.99. The molecular weight excluding hydrogens is 352 g/mol. The molecule has 1 N–H and O–H groups in total. The van der Waals surface area contributed by atoms with Crippen LogP contribution in [-0.2, 0) is 5.60 Å². The quantitative estimate of drug-likeness (QED) is 0.742. The molecule has 0 atom stereocenters. The summed E-state index contributed by atoms with van der Waals surface area (Å²) in [6.07, 6.45) is 1.28. The van der Waals surface area contributed by atoms with Crippen molar-refractivity contribution in [1.82, 2.24) is 4.98 Å². The molecule has 1 aliphatic rings. The maximum absolute atomic E-state index is 11.4. The number of nitrogens with zero attached hydrogens (tertiary/aromatic N) is 2. The monoisotopic (exact) mass is 378 g/mol. The van der Waals surface area contributed by atoms with E-state index in [4.69, 9.17) is 9.47 Å². The van der Waals surface area contributed by atoms with Gasteiger partial charge >= 0.3 is 0 Å². The molecule has 1 aromatic heterocycles. The molecule has 0 spiro atoms. The molecular formula is C23H26N2O3. The molecule has 0 unspecified atom stereocenters. The number of anilines is 1. The minimum absolute atomic E-state index is 0.638. The zero-order valence-electron chi connectivity index (χ0n) is 16.6. The van der Waals surface area contributed by atoms with Gasteiger partial charge in [0.15, 0.2) is 0 Å². The molecule has 0 amide bonds. The molecule has 4 rings (SSSR count).